The molecule has 3 rings (SSSR count). The monoisotopic (exact) mass is 347 g/mol. The van der Waals surface area contributed by atoms with E-state index in [0.717, 1.165) is 17.6 Å². The van der Waals surface area contributed by atoms with Crippen LogP contribution in [0.25, 0.3) is 0 Å². The van der Waals surface area contributed by atoms with Gasteiger partial charge in [-0.05, 0) is 11.6 Å². The molecule has 1 aliphatic heterocycles. The first-order chi connectivity index (χ1) is 11.2. The molecule has 0 saturated carbocycles. The van der Waals surface area contributed by atoms with Gasteiger partial charge in [0.05, 0.1) is 17.8 Å². The van der Waals surface area contributed by atoms with Crippen LogP contribution in [0.15, 0.2) is 66.2 Å². The number of halogens is 1. The number of carbonyl (C=O) groups is 1. The van der Waals surface area contributed by atoms with E-state index in [2.05, 4.69) is 0 Å². The van der Waals surface area contributed by atoms with Crippen LogP contribution in [0.5, 0.6) is 0 Å². The van der Waals surface area contributed by atoms with Crippen molar-refractivity contribution >= 4 is 29.4 Å². The molecule has 2 aromatic carbocycles. The van der Waals surface area contributed by atoms with Crippen LogP contribution in [0.2, 0.25) is 5.02 Å². The second-order valence-corrected chi connectivity index (χ2v) is 6.01. The number of benzene rings is 2. The SMILES string of the molecule is NC1=C(OSCc2ccccc2)C(=O)C(c2ccccc2Cl)O1. The van der Waals surface area contributed by atoms with Crippen LogP contribution in [-0.4, -0.2) is 5.78 Å². The van der Waals surface area contributed by atoms with Gasteiger partial charge in [-0.2, -0.15) is 0 Å². The fraction of sp³-hybridized carbons (Fsp3) is 0.118. The number of carbonyl (C=O) groups excluding carboxylic acids is 1. The van der Waals surface area contributed by atoms with Crippen molar-refractivity contribution in [1.29, 1.82) is 0 Å². The molecule has 0 amide bonds. The minimum atomic E-state index is -0.851. The summed E-state index contributed by atoms with van der Waals surface area (Å²) in [4.78, 5) is 12.5. The van der Waals surface area contributed by atoms with Crippen molar-refractivity contribution in [3.63, 3.8) is 0 Å². The molecule has 2 N–H and O–H groups in total. The molecule has 4 nitrogen and oxygen atoms in total. The molecule has 118 valence electrons. The molecule has 0 aromatic heterocycles. The fourth-order valence-electron chi connectivity index (χ4n) is 2.18. The highest BCUT2D eigenvalue weighted by molar-refractivity contribution is 7.94. The third-order valence-corrected chi connectivity index (χ3v) is 4.41. The van der Waals surface area contributed by atoms with Crippen LogP contribution in [0.3, 0.4) is 0 Å². The van der Waals surface area contributed by atoms with E-state index in [9.17, 15) is 4.79 Å². The first-order valence-corrected chi connectivity index (χ1v) is 8.24. The van der Waals surface area contributed by atoms with Gasteiger partial charge in [-0.3, -0.25) is 4.79 Å². The van der Waals surface area contributed by atoms with Crippen LogP contribution >= 0.6 is 23.6 Å². The number of nitrogens with two attached hydrogens (primary N) is 1. The Balaban J connectivity index is 1.65. The molecule has 1 atom stereocenters. The van der Waals surface area contributed by atoms with Crippen molar-refractivity contribution in [2.75, 3.05) is 0 Å². The maximum absolute atomic E-state index is 12.5. The van der Waals surface area contributed by atoms with Gasteiger partial charge >= 0.3 is 0 Å². The average molecular weight is 348 g/mol. The Morgan fingerprint density at radius 2 is 1.83 bits per heavy atom. The summed E-state index contributed by atoms with van der Waals surface area (Å²) in [6.45, 7) is 0. The molecule has 0 fully saturated rings. The molecule has 1 aliphatic rings. The molecule has 1 heterocycles. The standard InChI is InChI=1S/C17H14ClNO3S/c18-13-9-5-4-8-12(13)15-14(20)16(17(19)21-15)22-23-10-11-6-2-1-3-7-11/h1-9,15H,10,19H2. The number of Topliss-reactive ketones (excluding diaryl/α,β-unsaturated/α-hetero) is 1. The van der Waals surface area contributed by atoms with Crippen molar-refractivity contribution in [3.8, 4) is 0 Å². The lowest BCUT2D eigenvalue weighted by molar-refractivity contribution is -0.122. The van der Waals surface area contributed by atoms with E-state index in [1.54, 1.807) is 24.3 Å². The lowest BCUT2D eigenvalue weighted by Gasteiger charge is -2.11. The number of hydrogen-bond acceptors (Lipinski definition) is 5. The van der Waals surface area contributed by atoms with Gasteiger partial charge < -0.3 is 14.7 Å². The molecule has 0 saturated heterocycles. The molecule has 0 spiro atoms. The Hall–Kier alpha value is -2.11. The van der Waals surface area contributed by atoms with Crippen molar-refractivity contribution in [2.45, 2.75) is 11.9 Å². The highest BCUT2D eigenvalue weighted by Gasteiger charge is 2.38. The van der Waals surface area contributed by atoms with Gasteiger partial charge in [0.2, 0.25) is 17.4 Å². The molecule has 23 heavy (non-hydrogen) atoms. The van der Waals surface area contributed by atoms with Gasteiger partial charge in [-0.25, -0.2) is 0 Å². The number of rotatable bonds is 5. The minimum absolute atomic E-state index is 0.0134. The lowest BCUT2D eigenvalue weighted by atomic mass is 10.1. The Kier molecular flexibility index (Phi) is 4.79. The first kappa shape index (κ1) is 15.8. The van der Waals surface area contributed by atoms with Crippen LogP contribution in [0.4, 0.5) is 0 Å². The second-order valence-electron chi connectivity index (χ2n) is 4.91. The molecule has 2 aromatic rings. The van der Waals surface area contributed by atoms with Gasteiger partial charge in [0.15, 0.2) is 6.10 Å². The van der Waals surface area contributed by atoms with E-state index in [4.69, 9.17) is 26.3 Å². The molecule has 0 bridgehead atoms. The Labute approximate surface area is 143 Å². The summed E-state index contributed by atoms with van der Waals surface area (Å²) < 4.78 is 10.9. The molecular formula is C17H14ClNO3S. The highest BCUT2D eigenvalue weighted by atomic mass is 35.5. The molecule has 1 unspecified atom stereocenters. The normalized spacial score (nSPS) is 17.3. The smallest absolute Gasteiger partial charge is 0.249 e. The summed E-state index contributed by atoms with van der Waals surface area (Å²) in [5, 5.41) is 0.455. The van der Waals surface area contributed by atoms with Crippen LogP contribution < -0.4 is 5.73 Å². The Morgan fingerprint density at radius 3 is 2.57 bits per heavy atom. The minimum Gasteiger partial charge on any atom is -0.460 e. The lowest BCUT2D eigenvalue weighted by Crippen LogP contribution is -2.10. The Morgan fingerprint density at radius 1 is 1.13 bits per heavy atom. The predicted molar refractivity (Wildman–Crippen MR) is 90.3 cm³/mol. The summed E-state index contributed by atoms with van der Waals surface area (Å²) in [5.74, 6) is 0.300. The van der Waals surface area contributed by atoms with Gasteiger partial charge in [0.1, 0.15) is 0 Å². The summed E-state index contributed by atoms with van der Waals surface area (Å²) in [6, 6.07) is 16.8. The summed E-state index contributed by atoms with van der Waals surface area (Å²) in [7, 11) is 0. The van der Waals surface area contributed by atoms with Gasteiger partial charge in [-0.1, -0.05) is 60.1 Å². The third-order valence-electron chi connectivity index (χ3n) is 3.33. The van der Waals surface area contributed by atoms with Gasteiger partial charge in [0.25, 0.3) is 0 Å². The molecular weight excluding hydrogens is 334 g/mol. The summed E-state index contributed by atoms with van der Waals surface area (Å²) >= 11 is 7.25. The zero-order valence-corrected chi connectivity index (χ0v) is 13.6. The van der Waals surface area contributed by atoms with E-state index in [0.29, 0.717) is 16.3 Å². The van der Waals surface area contributed by atoms with E-state index < -0.39 is 6.10 Å². The van der Waals surface area contributed by atoms with E-state index in [1.165, 1.54) is 0 Å². The zero-order chi connectivity index (χ0) is 16.2. The molecule has 0 aliphatic carbocycles. The number of ketones is 1. The highest BCUT2D eigenvalue weighted by Crippen LogP contribution is 2.36. The van der Waals surface area contributed by atoms with Crippen molar-refractivity contribution in [2.24, 2.45) is 5.73 Å². The van der Waals surface area contributed by atoms with Crippen LogP contribution in [0.1, 0.15) is 17.2 Å². The molecule has 6 heteroatoms. The van der Waals surface area contributed by atoms with Crippen LogP contribution in [-0.2, 0) is 19.5 Å². The Bertz CT molecular complexity index is 749. The van der Waals surface area contributed by atoms with E-state index >= 15 is 0 Å². The third kappa shape index (κ3) is 3.46. The second kappa shape index (κ2) is 6.98. The number of hydrogen-bond donors (Lipinski definition) is 1. The summed E-state index contributed by atoms with van der Waals surface area (Å²) in [5.41, 5.74) is 7.45. The summed E-state index contributed by atoms with van der Waals surface area (Å²) in [6.07, 6.45) is -0.851. The quantitative estimate of drug-likeness (QED) is 0.829. The molecule has 0 radical (unpaired) electrons. The predicted octanol–water partition coefficient (Wildman–Crippen LogP) is 3.97. The van der Waals surface area contributed by atoms with Gasteiger partial charge in [-0.15, -0.1) is 0 Å². The van der Waals surface area contributed by atoms with E-state index in [1.807, 2.05) is 30.3 Å². The van der Waals surface area contributed by atoms with Crippen molar-refractivity contribution in [1.82, 2.24) is 0 Å². The van der Waals surface area contributed by atoms with Crippen molar-refractivity contribution in [3.05, 3.63) is 82.4 Å². The average Bonchev–Trinajstić information content (AvgIpc) is 2.84. The van der Waals surface area contributed by atoms with Gasteiger partial charge in [0, 0.05) is 10.6 Å². The number of ether oxygens (including phenoxy) is 1. The topological polar surface area (TPSA) is 61.5 Å². The largest absolute Gasteiger partial charge is 0.460 e. The maximum Gasteiger partial charge on any atom is 0.249 e. The van der Waals surface area contributed by atoms with Crippen molar-refractivity contribution < 1.29 is 13.7 Å². The van der Waals surface area contributed by atoms with Crippen LogP contribution in [0, 0.1) is 0 Å². The maximum atomic E-state index is 12.5. The fourth-order valence-corrected chi connectivity index (χ4v) is 3.08. The first-order valence-electron chi connectivity index (χ1n) is 6.95. The zero-order valence-electron chi connectivity index (χ0n) is 12.1. The van der Waals surface area contributed by atoms with E-state index in [-0.39, 0.29) is 17.4 Å².